The van der Waals surface area contributed by atoms with E-state index in [9.17, 15) is 4.79 Å². The smallest absolute Gasteiger partial charge is 0.317 e. The number of benzene rings is 1. The molecule has 2 heterocycles. The van der Waals surface area contributed by atoms with Crippen LogP contribution in [0.2, 0.25) is 0 Å². The van der Waals surface area contributed by atoms with Gasteiger partial charge in [-0.2, -0.15) is 4.99 Å². The van der Waals surface area contributed by atoms with Crippen molar-refractivity contribution in [3.63, 3.8) is 0 Å². The highest BCUT2D eigenvalue weighted by molar-refractivity contribution is 6.08. The highest BCUT2D eigenvalue weighted by Gasteiger charge is 2.27. The van der Waals surface area contributed by atoms with Crippen molar-refractivity contribution in [1.29, 1.82) is 0 Å². The fourth-order valence-corrected chi connectivity index (χ4v) is 2.64. The van der Waals surface area contributed by atoms with Gasteiger partial charge in [-0.3, -0.25) is 4.79 Å². The Hall–Kier alpha value is -2.30. The molecule has 5 nitrogen and oxygen atoms in total. The maximum absolute atomic E-state index is 12.0. The molecule has 22 heavy (non-hydrogen) atoms. The Morgan fingerprint density at radius 1 is 1.14 bits per heavy atom. The summed E-state index contributed by atoms with van der Waals surface area (Å²) in [5, 5.41) is 0. The fourth-order valence-electron chi connectivity index (χ4n) is 2.64. The molecule has 116 valence electrons. The first-order valence-corrected chi connectivity index (χ1v) is 7.68. The van der Waals surface area contributed by atoms with Gasteiger partial charge in [-0.1, -0.05) is 12.1 Å². The highest BCUT2D eigenvalue weighted by atomic mass is 16.5. The van der Waals surface area contributed by atoms with E-state index in [4.69, 9.17) is 4.74 Å². The number of rotatable bonds is 2. The van der Waals surface area contributed by atoms with Crippen LogP contribution in [0.1, 0.15) is 24.8 Å². The van der Waals surface area contributed by atoms with E-state index < -0.39 is 0 Å². The van der Waals surface area contributed by atoms with Gasteiger partial charge in [0.25, 0.3) is 0 Å². The van der Waals surface area contributed by atoms with Crippen molar-refractivity contribution in [1.82, 2.24) is 4.90 Å². The molecular formula is C17H21N3O2. The fraction of sp³-hybridized carbons (Fsp3) is 0.412. The van der Waals surface area contributed by atoms with Crippen molar-refractivity contribution in [2.75, 3.05) is 32.1 Å². The topological polar surface area (TPSA) is 45.1 Å². The standard InChI is InChI=1S/C17H21N3O2/c1-19(2)14-8-6-13(7-9-14)12-15-16(21)18-17(22-15)20-10-4-3-5-11-20/h6-9,12H,3-5,10-11H2,1-2H3. The molecule has 0 atom stereocenters. The lowest BCUT2D eigenvalue weighted by Gasteiger charge is -2.26. The Bertz CT molecular complexity index is 611. The molecule has 0 saturated carbocycles. The molecule has 2 aliphatic heterocycles. The highest BCUT2D eigenvalue weighted by Crippen LogP contribution is 2.21. The lowest BCUT2D eigenvalue weighted by atomic mass is 10.1. The van der Waals surface area contributed by atoms with Gasteiger partial charge in [0.1, 0.15) is 0 Å². The Kier molecular flexibility index (Phi) is 4.13. The second kappa shape index (κ2) is 6.22. The molecule has 0 spiro atoms. The van der Waals surface area contributed by atoms with Crippen molar-refractivity contribution in [2.24, 2.45) is 4.99 Å². The summed E-state index contributed by atoms with van der Waals surface area (Å²) in [6.45, 7) is 1.83. The number of hydrogen-bond acceptors (Lipinski definition) is 4. The molecule has 1 amide bonds. The number of aliphatic imine (C=N–C) groups is 1. The van der Waals surface area contributed by atoms with Crippen molar-refractivity contribution in [3.8, 4) is 0 Å². The zero-order valence-corrected chi connectivity index (χ0v) is 13.1. The molecule has 1 saturated heterocycles. The van der Waals surface area contributed by atoms with Crippen molar-refractivity contribution in [2.45, 2.75) is 19.3 Å². The Morgan fingerprint density at radius 3 is 2.45 bits per heavy atom. The van der Waals surface area contributed by atoms with E-state index in [1.165, 1.54) is 6.42 Å². The Balaban J connectivity index is 1.71. The van der Waals surface area contributed by atoms with Gasteiger partial charge in [0.2, 0.25) is 0 Å². The molecule has 1 fully saturated rings. The Morgan fingerprint density at radius 2 is 1.82 bits per heavy atom. The van der Waals surface area contributed by atoms with Crippen LogP contribution >= 0.6 is 0 Å². The zero-order valence-electron chi connectivity index (χ0n) is 13.1. The maximum Gasteiger partial charge on any atom is 0.317 e. The first-order chi connectivity index (χ1) is 10.6. The normalized spacial score (nSPS) is 20.1. The van der Waals surface area contributed by atoms with Crippen LogP contribution in [0.15, 0.2) is 35.0 Å². The first kappa shape index (κ1) is 14.6. The zero-order chi connectivity index (χ0) is 15.5. The van der Waals surface area contributed by atoms with Crippen LogP contribution in [0, 0.1) is 0 Å². The summed E-state index contributed by atoms with van der Waals surface area (Å²) < 4.78 is 5.67. The summed E-state index contributed by atoms with van der Waals surface area (Å²) in [5.74, 6) is 0.00966. The van der Waals surface area contributed by atoms with Gasteiger partial charge >= 0.3 is 11.9 Å². The molecule has 1 aromatic carbocycles. The van der Waals surface area contributed by atoms with E-state index in [-0.39, 0.29) is 5.91 Å². The third-order valence-electron chi connectivity index (χ3n) is 3.94. The number of piperidine rings is 1. The molecular weight excluding hydrogens is 278 g/mol. The van der Waals surface area contributed by atoms with Crippen LogP contribution in [0.5, 0.6) is 0 Å². The average molecular weight is 299 g/mol. The second-order valence-corrected chi connectivity index (χ2v) is 5.84. The molecule has 0 unspecified atom stereocenters. The first-order valence-electron chi connectivity index (χ1n) is 7.68. The van der Waals surface area contributed by atoms with Crippen LogP contribution in [-0.2, 0) is 9.53 Å². The van der Waals surface area contributed by atoms with Crippen molar-refractivity contribution < 1.29 is 9.53 Å². The molecule has 0 aliphatic carbocycles. The average Bonchev–Trinajstić information content (AvgIpc) is 2.90. The largest absolute Gasteiger partial charge is 0.420 e. The number of anilines is 1. The summed E-state index contributed by atoms with van der Waals surface area (Å²) in [7, 11) is 3.99. The van der Waals surface area contributed by atoms with Gasteiger partial charge in [0.05, 0.1) is 0 Å². The predicted molar refractivity (Wildman–Crippen MR) is 87.7 cm³/mol. The number of carbonyl (C=O) groups excluding carboxylic acids is 1. The number of amides is 1. The van der Waals surface area contributed by atoms with E-state index in [1.807, 2.05) is 43.3 Å². The van der Waals surface area contributed by atoms with E-state index in [2.05, 4.69) is 9.89 Å². The third kappa shape index (κ3) is 3.13. The van der Waals surface area contributed by atoms with E-state index in [0.717, 1.165) is 37.2 Å². The predicted octanol–water partition coefficient (Wildman–Crippen LogP) is 2.49. The number of amidine groups is 1. The van der Waals surface area contributed by atoms with Crippen molar-refractivity contribution in [3.05, 3.63) is 35.6 Å². The number of ether oxygens (including phenoxy) is 1. The maximum atomic E-state index is 12.0. The van der Waals surface area contributed by atoms with E-state index >= 15 is 0 Å². The molecule has 0 aromatic heterocycles. The summed E-state index contributed by atoms with van der Waals surface area (Å²) in [5.41, 5.74) is 2.05. The van der Waals surface area contributed by atoms with Crippen LogP contribution < -0.4 is 4.90 Å². The molecule has 0 radical (unpaired) electrons. The summed E-state index contributed by atoms with van der Waals surface area (Å²) in [6.07, 6.45) is 5.24. The minimum absolute atomic E-state index is 0.294. The molecule has 0 bridgehead atoms. The second-order valence-electron chi connectivity index (χ2n) is 5.84. The Labute approximate surface area is 130 Å². The van der Waals surface area contributed by atoms with Crippen LogP contribution in [-0.4, -0.2) is 44.0 Å². The van der Waals surface area contributed by atoms with E-state index in [0.29, 0.717) is 11.8 Å². The minimum Gasteiger partial charge on any atom is -0.420 e. The van der Waals surface area contributed by atoms with Gasteiger partial charge in [-0.15, -0.1) is 0 Å². The lowest BCUT2D eigenvalue weighted by molar-refractivity contribution is -0.115. The van der Waals surface area contributed by atoms with Gasteiger partial charge < -0.3 is 14.5 Å². The molecule has 1 aromatic rings. The quantitative estimate of drug-likeness (QED) is 0.787. The molecule has 2 aliphatic rings. The van der Waals surface area contributed by atoms with Crippen LogP contribution in [0.3, 0.4) is 0 Å². The third-order valence-corrected chi connectivity index (χ3v) is 3.94. The summed E-state index contributed by atoms with van der Waals surface area (Å²) >= 11 is 0. The van der Waals surface area contributed by atoms with Gasteiger partial charge in [-0.05, 0) is 43.0 Å². The van der Waals surface area contributed by atoms with Crippen molar-refractivity contribution >= 4 is 23.7 Å². The SMILES string of the molecule is CN(C)c1ccc(C=C2OC(N3CCCCC3)=NC2=O)cc1. The summed E-state index contributed by atoms with van der Waals surface area (Å²) in [4.78, 5) is 20.1. The number of nitrogens with zero attached hydrogens (tertiary/aromatic N) is 3. The van der Waals surface area contributed by atoms with E-state index in [1.54, 1.807) is 6.08 Å². The van der Waals surface area contributed by atoms with Gasteiger partial charge in [0, 0.05) is 32.9 Å². The van der Waals surface area contributed by atoms with Crippen LogP contribution in [0.25, 0.3) is 6.08 Å². The van der Waals surface area contributed by atoms with Gasteiger partial charge in [0.15, 0.2) is 5.76 Å². The van der Waals surface area contributed by atoms with Gasteiger partial charge in [-0.25, -0.2) is 0 Å². The summed E-state index contributed by atoms with van der Waals surface area (Å²) in [6, 6.07) is 8.42. The molecule has 0 N–H and O–H groups in total. The number of carbonyl (C=O) groups is 1. The number of hydrogen-bond donors (Lipinski definition) is 0. The lowest BCUT2D eigenvalue weighted by Crippen LogP contribution is -2.35. The molecule has 3 rings (SSSR count). The number of likely N-dealkylation sites (tertiary alicyclic amines) is 1. The monoisotopic (exact) mass is 299 g/mol. The minimum atomic E-state index is -0.294. The molecule has 5 heteroatoms. The van der Waals surface area contributed by atoms with Crippen LogP contribution in [0.4, 0.5) is 5.69 Å².